The molecule has 0 spiro atoms. The molecule has 0 aromatic heterocycles. The van der Waals surface area contributed by atoms with E-state index >= 15 is 0 Å². The van der Waals surface area contributed by atoms with E-state index in [2.05, 4.69) is 23.1 Å². The fraction of sp³-hybridized carbons (Fsp3) is 0.429. The third-order valence-electron chi connectivity index (χ3n) is 3.73. The van der Waals surface area contributed by atoms with Crippen LogP contribution < -0.4 is 4.90 Å². The van der Waals surface area contributed by atoms with Crippen LogP contribution in [-0.2, 0) is 11.2 Å². The number of rotatable bonds is 1. The minimum absolute atomic E-state index is 0.446. The highest BCUT2D eigenvalue weighted by atomic mass is 16.5. The summed E-state index contributed by atoms with van der Waals surface area (Å²) in [5.41, 5.74) is 1.78. The Morgan fingerprint density at radius 1 is 1.41 bits per heavy atom. The van der Waals surface area contributed by atoms with Crippen molar-refractivity contribution >= 4 is 5.69 Å². The smallest absolute Gasteiger partial charge is 0.168 e. The number of fused-ring (bicyclic) bond motifs is 1. The van der Waals surface area contributed by atoms with Crippen molar-refractivity contribution in [3.05, 3.63) is 42.1 Å². The molecule has 3 heteroatoms. The number of anilines is 1. The normalized spacial score (nSPS) is 31.6. The molecule has 2 aliphatic rings. The molecule has 0 bridgehead atoms. The fourth-order valence-electron chi connectivity index (χ4n) is 2.64. The van der Waals surface area contributed by atoms with Crippen molar-refractivity contribution in [3.8, 4) is 0 Å². The zero-order chi connectivity index (χ0) is 11.9. The largest absolute Gasteiger partial charge is 0.388 e. The van der Waals surface area contributed by atoms with Crippen LogP contribution in [0.4, 0.5) is 5.69 Å². The van der Waals surface area contributed by atoms with E-state index in [0.717, 1.165) is 12.1 Å². The van der Waals surface area contributed by atoms with E-state index < -0.39 is 11.8 Å². The lowest BCUT2D eigenvalue weighted by molar-refractivity contribution is -0.0391. The summed E-state index contributed by atoms with van der Waals surface area (Å²) < 4.78 is 5.77. The van der Waals surface area contributed by atoms with Crippen LogP contribution in [0.15, 0.2) is 36.5 Å². The van der Waals surface area contributed by atoms with Gasteiger partial charge in [0.15, 0.2) is 5.72 Å². The molecular formula is C14H17NO2. The Morgan fingerprint density at radius 3 is 3.00 bits per heavy atom. The monoisotopic (exact) mass is 231 g/mol. The maximum absolute atomic E-state index is 10.1. The minimum atomic E-state index is -0.632. The van der Waals surface area contributed by atoms with Crippen molar-refractivity contribution in [2.24, 2.45) is 0 Å². The lowest BCUT2D eigenvalue weighted by Gasteiger charge is -2.41. The number of aliphatic hydroxyl groups is 1. The molecular weight excluding hydrogens is 214 g/mol. The second-order valence-electron chi connectivity index (χ2n) is 4.80. The summed E-state index contributed by atoms with van der Waals surface area (Å²) in [6.45, 7) is 2.57. The molecule has 1 aromatic rings. The Balaban J connectivity index is 2.03. The highest BCUT2D eigenvalue weighted by Gasteiger charge is 2.44. The molecule has 90 valence electrons. The molecule has 0 amide bonds. The van der Waals surface area contributed by atoms with Crippen molar-refractivity contribution in [2.75, 3.05) is 11.5 Å². The zero-order valence-electron chi connectivity index (χ0n) is 9.97. The van der Waals surface area contributed by atoms with Crippen LogP contribution in [0.25, 0.3) is 0 Å². The molecule has 0 aliphatic carbocycles. The minimum Gasteiger partial charge on any atom is -0.388 e. The van der Waals surface area contributed by atoms with Crippen LogP contribution in [-0.4, -0.2) is 23.5 Å². The van der Waals surface area contributed by atoms with Gasteiger partial charge in [-0.3, -0.25) is 0 Å². The summed E-state index contributed by atoms with van der Waals surface area (Å²) in [6.07, 6.45) is 5.33. The third-order valence-corrected chi connectivity index (χ3v) is 3.73. The van der Waals surface area contributed by atoms with Crippen LogP contribution in [0.1, 0.15) is 18.9 Å². The molecule has 3 nitrogen and oxygen atoms in total. The van der Waals surface area contributed by atoms with E-state index in [1.165, 1.54) is 5.56 Å². The zero-order valence-corrected chi connectivity index (χ0v) is 9.97. The number of hydrogen-bond donors (Lipinski definition) is 1. The fourth-order valence-corrected chi connectivity index (χ4v) is 2.64. The van der Waals surface area contributed by atoms with Crippen LogP contribution in [0.3, 0.4) is 0 Å². The molecule has 2 heterocycles. The van der Waals surface area contributed by atoms with Crippen LogP contribution >= 0.6 is 0 Å². The molecule has 0 radical (unpaired) electrons. The second-order valence-corrected chi connectivity index (χ2v) is 4.80. The van der Waals surface area contributed by atoms with Gasteiger partial charge in [0.1, 0.15) is 6.10 Å². The Bertz CT molecular complexity index is 457. The second kappa shape index (κ2) is 3.86. The summed E-state index contributed by atoms with van der Waals surface area (Å²) in [4.78, 5) is 2.06. The van der Waals surface area contributed by atoms with Gasteiger partial charge < -0.3 is 14.7 Å². The first-order chi connectivity index (χ1) is 8.22. The van der Waals surface area contributed by atoms with E-state index in [9.17, 15) is 5.11 Å². The van der Waals surface area contributed by atoms with Gasteiger partial charge in [-0.15, -0.1) is 0 Å². The first-order valence-corrected chi connectivity index (χ1v) is 6.08. The topological polar surface area (TPSA) is 32.7 Å². The summed E-state index contributed by atoms with van der Waals surface area (Å²) in [5, 5.41) is 10.1. The molecule has 0 saturated carbocycles. The highest BCUT2D eigenvalue weighted by molar-refractivity contribution is 5.60. The maximum Gasteiger partial charge on any atom is 0.168 e. The summed E-state index contributed by atoms with van der Waals surface area (Å²) >= 11 is 0. The van der Waals surface area contributed by atoms with Crippen LogP contribution in [0, 0.1) is 0 Å². The SMILES string of the molecule is CC1(N2C=CCc3ccccc32)OCCC1O. The van der Waals surface area contributed by atoms with Crippen molar-refractivity contribution in [3.63, 3.8) is 0 Å². The van der Waals surface area contributed by atoms with Crippen molar-refractivity contribution in [1.82, 2.24) is 0 Å². The average molecular weight is 231 g/mol. The Morgan fingerprint density at radius 2 is 2.24 bits per heavy atom. The number of aliphatic hydroxyl groups excluding tert-OH is 1. The Kier molecular flexibility index (Phi) is 2.45. The molecule has 1 N–H and O–H groups in total. The summed E-state index contributed by atoms with van der Waals surface area (Å²) in [7, 11) is 0. The van der Waals surface area contributed by atoms with Crippen molar-refractivity contribution in [2.45, 2.75) is 31.6 Å². The number of benzene rings is 1. The van der Waals surface area contributed by atoms with E-state index in [1.807, 2.05) is 25.3 Å². The van der Waals surface area contributed by atoms with Gasteiger partial charge in [-0.2, -0.15) is 0 Å². The van der Waals surface area contributed by atoms with Crippen LogP contribution in [0.2, 0.25) is 0 Å². The molecule has 3 rings (SSSR count). The first kappa shape index (κ1) is 10.8. The quantitative estimate of drug-likeness (QED) is 0.803. The van der Waals surface area contributed by atoms with Crippen LogP contribution in [0.5, 0.6) is 0 Å². The van der Waals surface area contributed by atoms with Gasteiger partial charge in [-0.25, -0.2) is 0 Å². The van der Waals surface area contributed by atoms with Gasteiger partial charge in [0.05, 0.1) is 6.61 Å². The van der Waals surface area contributed by atoms with Crippen molar-refractivity contribution < 1.29 is 9.84 Å². The van der Waals surface area contributed by atoms with Gasteiger partial charge in [0, 0.05) is 18.3 Å². The predicted molar refractivity (Wildman–Crippen MR) is 66.7 cm³/mol. The number of nitrogens with zero attached hydrogens (tertiary/aromatic N) is 1. The molecule has 1 fully saturated rings. The van der Waals surface area contributed by atoms with Gasteiger partial charge >= 0.3 is 0 Å². The van der Waals surface area contributed by atoms with Gasteiger partial charge in [-0.05, 0) is 25.0 Å². The van der Waals surface area contributed by atoms with Gasteiger partial charge in [0.2, 0.25) is 0 Å². The molecule has 1 saturated heterocycles. The molecule has 17 heavy (non-hydrogen) atoms. The van der Waals surface area contributed by atoms with E-state index in [0.29, 0.717) is 13.0 Å². The van der Waals surface area contributed by atoms with E-state index in [1.54, 1.807) is 0 Å². The van der Waals surface area contributed by atoms with Gasteiger partial charge in [-0.1, -0.05) is 24.3 Å². The Labute approximate surface area is 101 Å². The first-order valence-electron chi connectivity index (χ1n) is 6.08. The molecule has 2 unspecified atom stereocenters. The Hall–Kier alpha value is -1.32. The van der Waals surface area contributed by atoms with E-state index in [4.69, 9.17) is 4.74 Å². The molecule has 2 aliphatic heterocycles. The van der Waals surface area contributed by atoms with E-state index in [-0.39, 0.29) is 0 Å². The average Bonchev–Trinajstić information content (AvgIpc) is 2.70. The molecule has 1 aromatic carbocycles. The highest BCUT2D eigenvalue weighted by Crippen LogP contribution is 2.37. The lowest BCUT2D eigenvalue weighted by Crippen LogP contribution is -2.51. The standard InChI is InChI=1S/C14H17NO2/c1-14(13(16)8-10-17-14)15-9-4-6-11-5-2-3-7-12(11)15/h2-5,7,9,13,16H,6,8,10H2,1H3. The summed E-state index contributed by atoms with van der Waals surface area (Å²) in [6, 6.07) is 8.27. The molecule has 2 atom stereocenters. The number of ether oxygens (including phenoxy) is 1. The third kappa shape index (κ3) is 1.58. The predicted octanol–water partition coefficient (Wildman–Crippen LogP) is 2.06. The lowest BCUT2D eigenvalue weighted by atomic mass is 10.0. The summed E-state index contributed by atoms with van der Waals surface area (Å²) in [5.74, 6) is 0. The number of allylic oxidation sites excluding steroid dienone is 1. The maximum atomic E-state index is 10.1. The number of para-hydroxylation sites is 1. The van der Waals surface area contributed by atoms with Gasteiger partial charge in [0.25, 0.3) is 0 Å². The van der Waals surface area contributed by atoms with Crippen molar-refractivity contribution in [1.29, 1.82) is 0 Å². The number of hydrogen-bond acceptors (Lipinski definition) is 3.